The lowest BCUT2D eigenvalue weighted by Gasteiger charge is -2.04. The lowest BCUT2D eigenvalue weighted by molar-refractivity contribution is -0.140. The van der Waals surface area contributed by atoms with E-state index < -0.39 is 0 Å². The van der Waals surface area contributed by atoms with Crippen LogP contribution in [0.2, 0.25) is 0 Å². The smallest absolute Gasteiger partial charge is 0.305 e. The fourth-order valence-electron chi connectivity index (χ4n) is 1.74. The third-order valence-corrected chi connectivity index (χ3v) is 4.74. The first-order valence-corrected chi connectivity index (χ1v) is 7.90. The number of aryl methyl sites for hydroxylation is 2. The van der Waals surface area contributed by atoms with Gasteiger partial charge in [-0.25, -0.2) is 9.97 Å². The number of nitrogens with zero attached hydrogens (tertiary/aromatic N) is 2. The standard InChI is InChI=1S/C13H16N2O2S2/c1-8-7-19-13-11(8)12(14-9(2)15-13)18-6-4-5-10(16)17-3/h7H,4-6H2,1-3H3. The van der Waals surface area contributed by atoms with Crippen LogP contribution in [0.1, 0.15) is 24.2 Å². The number of rotatable bonds is 5. The highest BCUT2D eigenvalue weighted by molar-refractivity contribution is 7.99. The van der Waals surface area contributed by atoms with Crippen molar-refractivity contribution in [3.8, 4) is 0 Å². The molecule has 0 radical (unpaired) electrons. The van der Waals surface area contributed by atoms with Crippen molar-refractivity contribution in [2.24, 2.45) is 0 Å². The Bertz CT molecular complexity index is 596. The fraction of sp³-hybridized carbons (Fsp3) is 0.462. The molecular formula is C13H16N2O2S2. The van der Waals surface area contributed by atoms with E-state index in [9.17, 15) is 4.79 Å². The number of ether oxygens (including phenoxy) is 1. The second kappa shape index (κ2) is 6.34. The van der Waals surface area contributed by atoms with Crippen molar-refractivity contribution >= 4 is 39.3 Å². The van der Waals surface area contributed by atoms with E-state index in [1.54, 1.807) is 23.1 Å². The maximum absolute atomic E-state index is 11.0. The highest BCUT2D eigenvalue weighted by atomic mass is 32.2. The second-order valence-corrected chi connectivity index (χ2v) is 6.14. The Labute approximate surface area is 120 Å². The average molecular weight is 296 g/mol. The molecule has 0 atom stereocenters. The van der Waals surface area contributed by atoms with Gasteiger partial charge in [-0.3, -0.25) is 4.79 Å². The summed E-state index contributed by atoms with van der Waals surface area (Å²) in [5, 5.41) is 4.28. The molecule has 4 nitrogen and oxygen atoms in total. The van der Waals surface area contributed by atoms with Gasteiger partial charge in [-0.05, 0) is 31.2 Å². The number of thiophene rings is 1. The molecule has 2 aromatic rings. The number of carbonyl (C=O) groups is 1. The highest BCUT2D eigenvalue weighted by Gasteiger charge is 2.11. The molecule has 0 unspecified atom stereocenters. The normalized spacial score (nSPS) is 10.9. The van der Waals surface area contributed by atoms with Crippen LogP contribution in [-0.2, 0) is 9.53 Å². The van der Waals surface area contributed by atoms with Gasteiger partial charge in [-0.1, -0.05) is 0 Å². The third-order valence-electron chi connectivity index (χ3n) is 2.69. The molecule has 0 saturated carbocycles. The molecule has 0 spiro atoms. The Morgan fingerprint density at radius 1 is 1.42 bits per heavy atom. The maximum Gasteiger partial charge on any atom is 0.305 e. The van der Waals surface area contributed by atoms with Gasteiger partial charge in [0.15, 0.2) is 0 Å². The number of hydrogen-bond donors (Lipinski definition) is 0. The van der Waals surface area contributed by atoms with Gasteiger partial charge in [0.1, 0.15) is 15.7 Å². The number of fused-ring (bicyclic) bond motifs is 1. The van der Waals surface area contributed by atoms with Crippen LogP contribution in [0.25, 0.3) is 10.2 Å². The van der Waals surface area contributed by atoms with Crippen LogP contribution in [0.5, 0.6) is 0 Å². The molecule has 0 aliphatic rings. The van der Waals surface area contributed by atoms with Gasteiger partial charge in [0, 0.05) is 17.6 Å². The lowest BCUT2D eigenvalue weighted by Crippen LogP contribution is -2.00. The summed E-state index contributed by atoms with van der Waals surface area (Å²) in [4.78, 5) is 21.0. The predicted molar refractivity (Wildman–Crippen MR) is 78.9 cm³/mol. The SMILES string of the molecule is COC(=O)CCCSc1nc(C)nc2scc(C)c12. The maximum atomic E-state index is 11.0. The minimum Gasteiger partial charge on any atom is -0.469 e. The van der Waals surface area contributed by atoms with Gasteiger partial charge in [0.25, 0.3) is 0 Å². The van der Waals surface area contributed by atoms with Crippen LogP contribution in [0.3, 0.4) is 0 Å². The zero-order valence-electron chi connectivity index (χ0n) is 11.2. The summed E-state index contributed by atoms with van der Waals surface area (Å²) in [5.41, 5.74) is 1.22. The van der Waals surface area contributed by atoms with E-state index in [0.717, 1.165) is 33.2 Å². The first-order chi connectivity index (χ1) is 9.11. The summed E-state index contributed by atoms with van der Waals surface area (Å²) < 4.78 is 4.63. The average Bonchev–Trinajstić information content (AvgIpc) is 2.75. The molecule has 0 aliphatic carbocycles. The molecule has 0 aliphatic heterocycles. The molecule has 0 fully saturated rings. The predicted octanol–water partition coefficient (Wildman–Crippen LogP) is 3.35. The molecule has 0 bridgehead atoms. The zero-order chi connectivity index (χ0) is 13.8. The molecule has 6 heteroatoms. The number of esters is 1. The van der Waals surface area contributed by atoms with Crippen LogP contribution in [0, 0.1) is 13.8 Å². The Hall–Kier alpha value is -1.14. The van der Waals surface area contributed by atoms with E-state index >= 15 is 0 Å². The van der Waals surface area contributed by atoms with Crippen LogP contribution in [-0.4, -0.2) is 28.8 Å². The van der Waals surface area contributed by atoms with Crippen molar-refractivity contribution in [2.75, 3.05) is 12.9 Å². The number of methoxy groups -OCH3 is 1. The monoisotopic (exact) mass is 296 g/mol. The molecule has 0 amide bonds. The number of hydrogen-bond acceptors (Lipinski definition) is 6. The van der Waals surface area contributed by atoms with Gasteiger partial charge >= 0.3 is 5.97 Å². The largest absolute Gasteiger partial charge is 0.469 e. The summed E-state index contributed by atoms with van der Waals surface area (Å²) in [6, 6.07) is 0. The van der Waals surface area contributed by atoms with Crippen molar-refractivity contribution < 1.29 is 9.53 Å². The fourth-order valence-corrected chi connectivity index (χ4v) is 3.85. The number of carbonyl (C=O) groups excluding carboxylic acids is 1. The third kappa shape index (κ3) is 3.45. The Kier molecular flexibility index (Phi) is 4.76. The summed E-state index contributed by atoms with van der Waals surface area (Å²) >= 11 is 3.33. The van der Waals surface area contributed by atoms with Gasteiger partial charge in [-0.15, -0.1) is 23.1 Å². The van der Waals surface area contributed by atoms with Crippen molar-refractivity contribution in [3.63, 3.8) is 0 Å². The molecule has 0 N–H and O–H groups in total. The minimum absolute atomic E-state index is 0.156. The van der Waals surface area contributed by atoms with E-state index in [0.29, 0.717) is 6.42 Å². The summed E-state index contributed by atoms with van der Waals surface area (Å²) in [5.74, 6) is 1.50. The quantitative estimate of drug-likeness (QED) is 0.366. The van der Waals surface area contributed by atoms with E-state index in [-0.39, 0.29) is 5.97 Å². The molecular weight excluding hydrogens is 280 g/mol. The highest BCUT2D eigenvalue weighted by Crippen LogP contribution is 2.32. The topological polar surface area (TPSA) is 52.1 Å². The van der Waals surface area contributed by atoms with Crippen LogP contribution < -0.4 is 0 Å². The number of thioether (sulfide) groups is 1. The molecule has 0 saturated heterocycles. The van der Waals surface area contributed by atoms with E-state index in [2.05, 4.69) is 27.0 Å². The van der Waals surface area contributed by atoms with Crippen molar-refractivity contribution in [1.82, 2.24) is 9.97 Å². The van der Waals surface area contributed by atoms with E-state index in [1.165, 1.54) is 12.7 Å². The molecule has 2 aromatic heterocycles. The molecule has 0 aromatic carbocycles. The first-order valence-electron chi connectivity index (χ1n) is 6.04. The summed E-state index contributed by atoms with van der Waals surface area (Å²) in [6.07, 6.45) is 1.25. The van der Waals surface area contributed by atoms with Gasteiger partial charge in [-0.2, -0.15) is 0 Å². The Morgan fingerprint density at radius 2 is 2.21 bits per heavy atom. The van der Waals surface area contributed by atoms with Crippen molar-refractivity contribution in [3.05, 3.63) is 16.8 Å². The van der Waals surface area contributed by atoms with Gasteiger partial charge in [0.2, 0.25) is 0 Å². The molecule has 102 valence electrons. The Morgan fingerprint density at radius 3 is 2.95 bits per heavy atom. The zero-order valence-corrected chi connectivity index (χ0v) is 12.9. The van der Waals surface area contributed by atoms with Crippen molar-refractivity contribution in [1.29, 1.82) is 0 Å². The molecule has 2 heterocycles. The van der Waals surface area contributed by atoms with Crippen LogP contribution >= 0.6 is 23.1 Å². The van der Waals surface area contributed by atoms with Crippen molar-refractivity contribution in [2.45, 2.75) is 31.7 Å². The summed E-state index contributed by atoms with van der Waals surface area (Å²) in [7, 11) is 1.42. The van der Waals surface area contributed by atoms with Crippen LogP contribution in [0.15, 0.2) is 10.4 Å². The first kappa shape index (κ1) is 14.3. The second-order valence-electron chi connectivity index (χ2n) is 4.20. The number of aromatic nitrogens is 2. The Balaban J connectivity index is 2.07. The molecule has 2 rings (SSSR count). The van der Waals surface area contributed by atoms with E-state index in [1.807, 2.05) is 6.92 Å². The van der Waals surface area contributed by atoms with Gasteiger partial charge < -0.3 is 4.74 Å². The van der Waals surface area contributed by atoms with Gasteiger partial charge in [0.05, 0.1) is 7.11 Å². The minimum atomic E-state index is -0.156. The molecule has 19 heavy (non-hydrogen) atoms. The van der Waals surface area contributed by atoms with Crippen LogP contribution in [0.4, 0.5) is 0 Å². The summed E-state index contributed by atoms with van der Waals surface area (Å²) in [6.45, 7) is 3.99. The van der Waals surface area contributed by atoms with E-state index in [4.69, 9.17) is 0 Å². The lowest BCUT2D eigenvalue weighted by atomic mass is 10.3.